The Morgan fingerprint density at radius 2 is 1.77 bits per heavy atom. The average Bonchev–Trinajstić information content (AvgIpc) is 2.66. The summed E-state index contributed by atoms with van der Waals surface area (Å²) in [7, 11) is 0. The molecule has 0 aromatic heterocycles. The van der Waals surface area contributed by atoms with E-state index in [9.17, 15) is 9.90 Å². The van der Waals surface area contributed by atoms with Crippen molar-refractivity contribution in [2.45, 2.75) is 39.0 Å². The second-order valence-corrected chi connectivity index (χ2v) is 6.16. The van der Waals surface area contributed by atoms with Gasteiger partial charge in [-0.3, -0.25) is 4.79 Å². The van der Waals surface area contributed by atoms with Gasteiger partial charge >= 0.3 is 0 Å². The van der Waals surface area contributed by atoms with Crippen LogP contribution in [0, 0.1) is 0 Å². The number of benzene rings is 2. The number of nitrogens with zero attached hydrogens (tertiary/aromatic N) is 1. The second kappa shape index (κ2) is 10.9. The summed E-state index contributed by atoms with van der Waals surface area (Å²) in [6.45, 7) is 2.19. The second-order valence-electron chi connectivity index (χ2n) is 6.16. The molecule has 0 spiro atoms. The molecule has 0 unspecified atom stereocenters. The number of hydrazone groups is 1. The number of hydrogen-bond acceptors (Lipinski definition) is 3. The first-order valence-electron chi connectivity index (χ1n) is 9.07. The van der Waals surface area contributed by atoms with Crippen LogP contribution in [0.15, 0.2) is 65.3 Å². The van der Waals surface area contributed by atoms with Crippen LogP contribution in [0.5, 0.6) is 5.75 Å². The summed E-state index contributed by atoms with van der Waals surface area (Å²) in [4.78, 5) is 12.1. The largest absolute Gasteiger partial charge is 0.507 e. The van der Waals surface area contributed by atoms with E-state index in [2.05, 4.69) is 23.5 Å². The SMILES string of the molecule is CCCCCCC(/C=N\NC(=O)c1ccccc1O)=C/c1ccccc1. The summed E-state index contributed by atoms with van der Waals surface area (Å²) in [5.41, 5.74) is 4.86. The first-order valence-corrected chi connectivity index (χ1v) is 9.07. The molecule has 0 atom stereocenters. The Balaban J connectivity index is 2.03. The fourth-order valence-corrected chi connectivity index (χ4v) is 2.59. The first-order chi connectivity index (χ1) is 12.7. The Morgan fingerprint density at radius 1 is 1.04 bits per heavy atom. The third kappa shape index (κ3) is 6.55. The smallest absolute Gasteiger partial charge is 0.275 e. The summed E-state index contributed by atoms with van der Waals surface area (Å²) in [5.74, 6) is -0.482. The van der Waals surface area contributed by atoms with Gasteiger partial charge in [-0.1, -0.05) is 74.7 Å². The number of phenolic OH excluding ortho intramolecular Hbond substituents is 1. The number of unbranched alkanes of at least 4 members (excludes halogenated alkanes) is 3. The van der Waals surface area contributed by atoms with Gasteiger partial charge in [0.25, 0.3) is 5.91 Å². The summed E-state index contributed by atoms with van der Waals surface area (Å²) < 4.78 is 0. The molecule has 136 valence electrons. The molecule has 1 amide bonds. The third-order valence-corrected chi connectivity index (χ3v) is 4.02. The van der Waals surface area contributed by atoms with Gasteiger partial charge in [-0.05, 0) is 36.1 Å². The van der Waals surface area contributed by atoms with Crippen molar-refractivity contribution in [1.29, 1.82) is 0 Å². The number of rotatable bonds is 9. The van der Waals surface area contributed by atoms with Crippen molar-refractivity contribution >= 4 is 18.2 Å². The lowest BCUT2D eigenvalue weighted by Crippen LogP contribution is -2.17. The van der Waals surface area contributed by atoms with Gasteiger partial charge in [0.15, 0.2) is 0 Å². The van der Waals surface area contributed by atoms with E-state index >= 15 is 0 Å². The number of carbonyl (C=O) groups excluding carboxylic acids is 1. The molecule has 2 N–H and O–H groups in total. The molecular weight excluding hydrogens is 324 g/mol. The van der Waals surface area contributed by atoms with Crippen LogP contribution in [-0.2, 0) is 0 Å². The van der Waals surface area contributed by atoms with Gasteiger partial charge in [-0.25, -0.2) is 5.43 Å². The number of amides is 1. The van der Waals surface area contributed by atoms with E-state index in [1.165, 1.54) is 25.3 Å². The lowest BCUT2D eigenvalue weighted by molar-refractivity contribution is 0.0952. The van der Waals surface area contributed by atoms with E-state index in [0.717, 1.165) is 24.0 Å². The highest BCUT2D eigenvalue weighted by Crippen LogP contribution is 2.15. The van der Waals surface area contributed by atoms with Crippen molar-refractivity contribution < 1.29 is 9.90 Å². The maximum atomic E-state index is 12.1. The van der Waals surface area contributed by atoms with Crippen molar-refractivity contribution in [2.24, 2.45) is 5.10 Å². The summed E-state index contributed by atoms with van der Waals surface area (Å²) in [6, 6.07) is 16.5. The minimum atomic E-state index is -0.426. The number of nitrogens with one attached hydrogen (secondary N) is 1. The topological polar surface area (TPSA) is 61.7 Å². The normalized spacial score (nSPS) is 11.7. The monoisotopic (exact) mass is 350 g/mol. The molecule has 26 heavy (non-hydrogen) atoms. The maximum Gasteiger partial charge on any atom is 0.275 e. The van der Waals surface area contributed by atoms with E-state index in [-0.39, 0.29) is 11.3 Å². The van der Waals surface area contributed by atoms with Gasteiger partial charge in [-0.15, -0.1) is 0 Å². The molecule has 2 aromatic carbocycles. The van der Waals surface area contributed by atoms with E-state index < -0.39 is 5.91 Å². The number of phenols is 1. The lowest BCUT2D eigenvalue weighted by atomic mass is 10.0. The van der Waals surface area contributed by atoms with Gasteiger partial charge in [0, 0.05) is 0 Å². The molecule has 0 heterocycles. The number of aromatic hydroxyl groups is 1. The van der Waals surface area contributed by atoms with Gasteiger partial charge in [-0.2, -0.15) is 5.10 Å². The molecule has 4 heteroatoms. The molecule has 0 radical (unpaired) electrons. The van der Waals surface area contributed by atoms with Crippen molar-refractivity contribution in [3.8, 4) is 5.75 Å². The fourth-order valence-electron chi connectivity index (χ4n) is 2.59. The maximum absolute atomic E-state index is 12.1. The molecule has 0 saturated carbocycles. The fraction of sp³-hybridized carbons (Fsp3) is 0.273. The number of para-hydroxylation sites is 1. The zero-order chi connectivity index (χ0) is 18.6. The zero-order valence-corrected chi connectivity index (χ0v) is 15.2. The van der Waals surface area contributed by atoms with Crippen molar-refractivity contribution in [3.63, 3.8) is 0 Å². The summed E-state index contributed by atoms with van der Waals surface area (Å²) in [6.07, 6.45) is 9.37. The predicted molar refractivity (Wildman–Crippen MR) is 107 cm³/mol. The minimum Gasteiger partial charge on any atom is -0.507 e. The van der Waals surface area contributed by atoms with Gasteiger partial charge in [0.05, 0.1) is 11.8 Å². The van der Waals surface area contributed by atoms with E-state index in [1.807, 2.05) is 30.3 Å². The van der Waals surface area contributed by atoms with Crippen molar-refractivity contribution in [3.05, 3.63) is 71.3 Å². The Labute approximate surface area is 155 Å². The van der Waals surface area contributed by atoms with Crippen LogP contribution in [-0.4, -0.2) is 17.2 Å². The Bertz CT molecular complexity index is 752. The Hall–Kier alpha value is -2.88. The first kappa shape index (κ1) is 19.4. The molecule has 2 aromatic rings. The quantitative estimate of drug-likeness (QED) is 0.373. The summed E-state index contributed by atoms with van der Waals surface area (Å²) >= 11 is 0. The van der Waals surface area contributed by atoms with Crippen LogP contribution in [0.3, 0.4) is 0 Å². The molecule has 0 aliphatic rings. The summed E-state index contributed by atoms with van der Waals surface area (Å²) in [5, 5.41) is 13.8. The van der Waals surface area contributed by atoms with Gasteiger partial charge in [0.1, 0.15) is 5.75 Å². The number of allylic oxidation sites excluding steroid dienone is 1. The van der Waals surface area contributed by atoms with Crippen LogP contribution in [0.4, 0.5) is 0 Å². The van der Waals surface area contributed by atoms with E-state index in [4.69, 9.17) is 0 Å². The highest BCUT2D eigenvalue weighted by Gasteiger charge is 2.08. The molecule has 0 bridgehead atoms. The van der Waals surface area contributed by atoms with Crippen LogP contribution in [0.1, 0.15) is 54.9 Å². The number of carbonyl (C=O) groups is 1. The Kier molecular flexibility index (Phi) is 8.13. The molecule has 0 saturated heterocycles. The molecule has 0 aliphatic heterocycles. The molecule has 0 aliphatic carbocycles. The van der Waals surface area contributed by atoms with Crippen LogP contribution in [0.2, 0.25) is 0 Å². The van der Waals surface area contributed by atoms with Crippen molar-refractivity contribution in [1.82, 2.24) is 5.43 Å². The van der Waals surface area contributed by atoms with Crippen LogP contribution >= 0.6 is 0 Å². The molecular formula is C22H26N2O2. The molecule has 2 rings (SSSR count). The molecule has 0 fully saturated rings. The lowest BCUT2D eigenvalue weighted by Gasteiger charge is -2.04. The number of hydrogen-bond donors (Lipinski definition) is 2. The molecule has 4 nitrogen and oxygen atoms in total. The van der Waals surface area contributed by atoms with E-state index in [1.54, 1.807) is 24.4 Å². The highest BCUT2D eigenvalue weighted by atomic mass is 16.3. The van der Waals surface area contributed by atoms with Gasteiger partial charge < -0.3 is 5.11 Å². The Morgan fingerprint density at radius 3 is 2.50 bits per heavy atom. The standard InChI is InChI=1S/C22H26N2O2/c1-2-3-4-6-13-19(16-18-11-7-5-8-12-18)17-23-24-22(26)20-14-9-10-15-21(20)25/h5,7-12,14-17,25H,2-4,6,13H2,1H3,(H,24,26)/b19-16-,23-17-. The third-order valence-electron chi connectivity index (χ3n) is 4.02. The van der Waals surface area contributed by atoms with Crippen LogP contribution < -0.4 is 5.43 Å². The highest BCUT2D eigenvalue weighted by molar-refractivity contribution is 5.97. The average molecular weight is 350 g/mol. The zero-order valence-electron chi connectivity index (χ0n) is 15.2. The van der Waals surface area contributed by atoms with Gasteiger partial charge in [0.2, 0.25) is 0 Å². The predicted octanol–water partition coefficient (Wildman–Crippen LogP) is 5.16. The van der Waals surface area contributed by atoms with E-state index in [0.29, 0.717) is 0 Å². The van der Waals surface area contributed by atoms with Crippen LogP contribution in [0.25, 0.3) is 6.08 Å². The minimum absolute atomic E-state index is 0.0557. The van der Waals surface area contributed by atoms with Crippen molar-refractivity contribution in [2.75, 3.05) is 0 Å².